The number of rotatable bonds is 14. The highest BCUT2D eigenvalue weighted by Crippen LogP contribution is 2.41. The molecule has 0 bridgehead atoms. The summed E-state index contributed by atoms with van der Waals surface area (Å²) in [7, 11) is 1.82. The maximum absolute atomic E-state index is 13.0. The molecule has 0 aromatic heterocycles. The second-order valence-corrected chi connectivity index (χ2v) is 13.4. The average Bonchev–Trinajstić information content (AvgIpc) is 3.32. The third kappa shape index (κ3) is 10.3. The van der Waals surface area contributed by atoms with Gasteiger partial charge < -0.3 is 14.5 Å². The second-order valence-electron chi connectivity index (χ2n) is 13.4. The molecule has 0 radical (unpaired) electrons. The number of nitrogens with zero attached hydrogens (tertiary/aromatic N) is 4. The number of hydrogen-bond donors (Lipinski definition) is 0. The van der Waals surface area contributed by atoms with Gasteiger partial charge in [0.2, 0.25) is 0 Å². The first kappa shape index (κ1) is 37.3. The van der Waals surface area contributed by atoms with Crippen LogP contribution in [-0.4, -0.2) is 42.6 Å². The number of anilines is 1. The molecule has 1 aromatic carbocycles. The normalized spacial score (nSPS) is 15.7. The molecule has 0 spiro atoms. The Balaban J connectivity index is 2.63. The number of hydrogen-bond acceptors (Lipinski definition) is 4. The largest absolute Gasteiger partial charge is 0.444 e. The number of allylic oxidation sites excluding steroid dienone is 5. The van der Waals surface area contributed by atoms with Crippen molar-refractivity contribution in [3.8, 4) is 6.07 Å². The standard InChI is InChI=1S/C39H56N4O2/c1-13-15-19-32(17-14-2)33-26-43(34-23-31(24-40)21-20-29(34)7)37(41-12)36(33)35(28(5)6)30(8)18-16-22-42(25-27(3)4)38(44)45-39(9,10)11/h17,20-21,23,26-27H,5,8,13-16,18-19,22,25H2,1-4,6-7,9-12H3/b32-17-,36-35+,41-37?. The fourth-order valence-electron chi connectivity index (χ4n) is 5.61. The lowest BCUT2D eigenvalue weighted by molar-refractivity contribution is 0.0226. The molecule has 1 aliphatic heterocycles. The Kier molecular flexibility index (Phi) is 14.1. The van der Waals surface area contributed by atoms with Crippen molar-refractivity contribution < 1.29 is 9.53 Å². The summed E-state index contributed by atoms with van der Waals surface area (Å²) in [5.74, 6) is 1.14. The Labute approximate surface area is 273 Å². The van der Waals surface area contributed by atoms with Gasteiger partial charge in [-0.05, 0) is 107 Å². The summed E-state index contributed by atoms with van der Waals surface area (Å²) in [4.78, 5) is 21.8. The molecule has 45 heavy (non-hydrogen) atoms. The smallest absolute Gasteiger partial charge is 0.410 e. The molecule has 0 fully saturated rings. The van der Waals surface area contributed by atoms with E-state index in [0.717, 1.165) is 77.1 Å². The van der Waals surface area contributed by atoms with Crippen LogP contribution in [0.1, 0.15) is 105 Å². The predicted octanol–water partition coefficient (Wildman–Crippen LogP) is 10.2. The number of amides is 1. The van der Waals surface area contributed by atoms with Gasteiger partial charge in [-0.3, -0.25) is 4.99 Å². The van der Waals surface area contributed by atoms with Gasteiger partial charge in [-0.2, -0.15) is 5.26 Å². The Morgan fingerprint density at radius 2 is 1.87 bits per heavy atom. The SMILES string of the molecule is C=C(C)/C(C(=C)CCCN(CC(C)C)C(=O)OC(C)(C)C)=C1/C(/C(=C\CC)CCCC)=CN(c2cc(C#N)ccc2C)C1=NC. The van der Waals surface area contributed by atoms with Gasteiger partial charge in [0.15, 0.2) is 0 Å². The van der Waals surface area contributed by atoms with Crippen LogP contribution in [0, 0.1) is 24.2 Å². The van der Waals surface area contributed by atoms with Gasteiger partial charge in [-0.1, -0.05) is 65.0 Å². The number of aryl methyl sites for hydroxylation is 1. The van der Waals surface area contributed by atoms with Crippen molar-refractivity contribution in [1.82, 2.24) is 4.90 Å². The van der Waals surface area contributed by atoms with Gasteiger partial charge in [0.05, 0.1) is 17.3 Å². The third-order valence-electron chi connectivity index (χ3n) is 7.56. The summed E-state index contributed by atoms with van der Waals surface area (Å²) >= 11 is 0. The van der Waals surface area contributed by atoms with E-state index >= 15 is 0 Å². The summed E-state index contributed by atoms with van der Waals surface area (Å²) in [5.41, 5.74) is 8.38. The van der Waals surface area contributed by atoms with Crippen LogP contribution in [0.2, 0.25) is 0 Å². The zero-order chi connectivity index (χ0) is 33.9. The van der Waals surface area contributed by atoms with Crippen LogP contribution >= 0.6 is 0 Å². The van der Waals surface area contributed by atoms with Gasteiger partial charge >= 0.3 is 6.09 Å². The molecule has 1 aliphatic rings. The van der Waals surface area contributed by atoms with E-state index in [0.29, 0.717) is 31.0 Å². The lowest BCUT2D eigenvalue weighted by Gasteiger charge is -2.29. The van der Waals surface area contributed by atoms with E-state index in [9.17, 15) is 10.1 Å². The predicted molar refractivity (Wildman–Crippen MR) is 191 cm³/mol. The molecule has 0 atom stereocenters. The van der Waals surface area contributed by atoms with Crippen molar-refractivity contribution in [3.05, 3.63) is 88.2 Å². The molecule has 6 heteroatoms. The number of carbonyl (C=O) groups is 1. The van der Waals surface area contributed by atoms with E-state index in [4.69, 9.17) is 9.73 Å². The zero-order valence-electron chi connectivity index (χ0n) is 29.6. The molecule has 0 aliphatic carbocycles. The lowest BCUT2D eigenvalue weighted by Crippen LogP contribution is -2.39. The molecule has 1 heterocycles. The maximum Gasteiger partial charge on any atom is 0.410 e. The fraction of sp³-hybridized carbons (Fsp3) is 0.513. The van der Waals surface area contributed by atoms with Crippen LogP contribution in [0.3, 0.4) is 0 Å². The summed E-state index contributed by atoms with van der Waals surface area (Å²) < 4.78 is 5.72. The Bertz CT molecular complexity index is 1410. The highest BCUT2D eigenvalue weighted by Gasteiger charge is 2.33. The van der Waals surface area contributed by atoms with Gasteiger partial charge in [0.1, 0.15) is 11.4 Å². The van der Waals surface area contributed by atoms with E-state index in [1.54, 1.807) is 0 Å². The first-order valence-electron chi connectivity index (χ1n) is 16.4. The van der Waals surface area contributed by atoms with Gasteiger partial charge in [-0.15, -0.1) is 0 Å². The first-order valence-corrected chi connectivity index (χ1v) is 16.4. The Hall–Kier alpha value is -3.85. The van der Waals surface area contributed by atoms with Crippen LogP contribution < -0.4 is 4.90 Å². The van der Waals surface area contributed by atoms with Crippen molar-refractivity contribution in [2.24, 2.45) is 10.9 Å². The Morgan fingerprint density at radius 1 is 1.18 bits per heavy atom. The van der Waals surface area contributed by atoms with Crippen molar-refractivity contribution in [2.45, 2.75) is 106 Å². The molecule has 1 aromatic rings. The quantitative estimate of drug-likeness (QED) is 0.210. The van der Waals surface area contributed by atoms with E-state index in [1.807, 2.05) is 57.8 Å². The number of unbranched alkanes of at least 4 members (excludes halogenated alkanes) is 1. The van der Waals surface area contributed by atoms with Gasteiger partial charge in [-0.25, -0.2) is 4.79 Å². The average molecular weight is 613 g/mol. The molecule has 0 unspecified atom stereocenters. The maximum atomic E-state index is 13.0. The zero-order valence-corrected chi connectivity index (χ0v) is 29.6. The topological polar surface area (TPSA) is 68.9 Å². The molecule has 6 nitrogen and oxygen atoms in total. The first-order chi connectivity index (χ1) is 21.2. The van der Waals surface area contributed by atoms with E-state index < -0.39 is 5.60 Å². The number of ether oxygens (including phenoxy) is 1. The third-order valence-corrected chi connectivity index (χ3v) is 7.56. The molecule has 0 N–H and O–H groups in total. The number of amidine groups is 1. The molecule has 0 saturated heterocycles. The molecule has 244 valence electrons. The minimum absolute atomic E-state index is 0.280. The summed E-state index contributed by atoms with van der Waals surface area (Å²) in [6.07, 6.45) is 9.71. The summed E-state index contributed by atoms with van der Waals surface area (Å²) in [6.45, 7) is 28.6. The van der Waals surface area contributed by atoms with Crippen molar-refractivity contribution >= 4 is 17.6 Å². The molecule has 2 rings (SSSR count). The number of nitriles is 1. The van der Waals surface area contributed by atoms with E-state index in [2.05, 4.69) is 71.0 Å². The lowest BCUT2D eigenvalue weighted by atomic mass is 9.85. The molecular formula is C39H56N4O2. The van der Waals surface area contributed by atoms with E-state index in [1.165, 1.54) is 5.57 Å². The summed E-state index contributed by atoms with van der Waals surface area (Å²) in [6, 6.07) is 8.06. The molecule has 0 saturated carbocycles. The molecule has 1 amide bonds. The number of benzene rings is 1. The van der Waals surface area contributed by atoms with Crippen molar-refractivity contribution in [1.29, 1.82) is 5.26 Å². The highest BCUT2D eigenvalue weighted by molar-refractivity contribution is 6.19. The minimum atomic E-state index is -0.549. The van der Waals surface area contributed by atoms with Crippen molar-refractivity contribution in [3.63, 3.8) is 0 Å². The highest BCUT2D eigenvalue weighted by atomic mass is 16.6. The van der Waals surface area contributed by atoms with Crippen LogP contribution in [-0.2, 0) is 4.74 Å². The van der Waals surface area contributed by atoms with Gasteiger partial charge in [0.25, 0.3) is 0 Å². The monoisotopic (exact) mass is 612 g/mol. The van der Waals surface area contributed by atoms with E-state index in [-0.39, 0.29) is 6.09 Å². The minimum Gasteiger partial charge on any atom is -0.444 e. The number of carbonyl (C=O) groups excluding carboxylic acids is 1. The van der Waals surface area contributed by atoms with Crippen LogP contribution in [0.5, 0.6) is 0 Å². The number of aliphatic imine (C=N–C) groups is 1. The molecular weight excluding hydrogens is 556 g/mol. The Morgan fingerprint density at radius 3 is 2.40 bits per heavy atom. The second kappa shape index (κ2) is 17.0. The van der Waals surface area contributed by atoms with Crippen LogP contribution in [0.15, 0.2) is 82.1 Å². The van der Waals surface area contributed by atoms with Crippen LogP contribution in [0.4, 0.5) is 10.5 Å². The fourth-order valence-corrected chi connectivity index (χ4v) is 5.61. The summed E-state index contributed by atoms with van der Waals surface area (Å²) in [5, 5.41) is 9.68. The van der Waals surface area contributed by atoms with Crippen LogP contribution in [0.25, 0.3) is 0 Å². The van der Waals surface area contributed by atoms with Gasteiger partial charge in [0, 0.05) is 37.5 Å². The van der Waals surface area contributed by atoms with Crippen molar-refractivity contribution in [2.75, 3.05) is 25.0 Å².